The van der Waals surface area contributed by atoms with Crippen LogP contribution >= 0.6 is 55.4 Å². The summed E-state index contributed by atoms with van der Waals surface area (Å²) >= 11 is 13.5. The van der Waals surface area contributed by atoms with Crippen LogP contribution < -0.4 is 5.73 Å². The minimum Gasteiger partial charge on any atom is -0.393 e. The molecule has 0 atom stereocenters. The van der Waals surface area contributed by atoms with Gasteiger partial charge in [-0.25, -0.2) is 0 Å². The fourth-order valence-corrected chi connectivity index (χ4v) is 5.09. The first-order chi connectivity index (χ1) is 8.83. The third-order valence-electron chi connectivity index (χ3n) is 3.64. The van der Waals surface area contributed by atoms with E-state index in [-0.39, 0.29) is 11.3 Å². The van der Waals surface area contributed by atoms with Crippen LogP contribution in [0.15, 0.2) is 13.6 Å². The van der Waals surface area contributed by atoms with Crippen LogP contribution in [-0.4, -0.2) is 28.9 Å². The van der Waals surface area contributed by atoms with Crippen molar-refractivity contribution in [3.05, 3.63) is 19.2 Å². The second-order valence-electron chi connectivity index (χ2n) is 4.96. The molecule has 0 radical (unpaired) electrons. The minimum absolute atomic E-state index is 0.0683. The fourth-order valence-electron chi connectivity index (χ4n) is 2.11. The summed E-state index contributed by atoms with van der Waals surface area (Å²) in [7, 11) is 0. The molecule has 3 nitrogen and oxygen atoms in total. The van der Waals surface area contributed by atoms with E-state index >= 15 is 0 Å². The lowest BCUT2D eigenvalue weighted by Crippen LogP contribution is -2.46. The van der Waals surface area contributed by atoms with E-state index in [9.17, 15) is 4.79 Å². The van der Waals surface area contributed by atoms with Gasteiger partial charge in [-0.05, 0) is 50.8 Å². The third kappa shape index (κ3) is 3.20. The van der Waals surface area contributed by atoms with Gasteiger partial charge in [0.1, 0.15) is 0 Å². The molecule has 1 fully saturated rings. The Kier molecular flexibility index (Phi) is 4.70. The van der Waals surface area contributed by atoms with E-state index in [4.69, 9.17) is 18.0 Å². The highest BCUT2D eigenvalue weighted by Gasteiger charge is 2.34. The Balaban J connectivity index is 2.08. The molecule has 0 bridgehead atoms. The molecule has 1 aliphatic rings. The number of nitrogens with two attached hydrogens (primary N) is 1. The molecule has 2 heterocycles. The maximum absolute atomic E-state index is 12.4. The van der Waals surface area contributed by atoms with Gasteiger partial charge < -0.3 is 10.6 Å². The summed E-state index contributed by atoms with van der Waals surface area (Å²) in [5, 5.41) is 0. The zero-order valence-corrected chi connectivity index (χ0v) is 15.2. The Labute approximate surface area is 138 Å². The summed E-state index contributed by atoms with van der Waals surface area (Å²) < 4.78 is 1.82. The zero-order chi connectivity index (χ0) is 14.2. The van der Waals surface area contributed by atoms with Gasteiger partial charge in [-0.2, -0.15) is 0 Å². The summed E-state index contributed by atoms with van der Waals surface area (Å²) in [6.45, 7) is 3.48. The highest BCUT2D eigenvalue weighted by molar-refractivity contribution is 9.12. The molecular weight excluding hydrogens is 412 g/mol. The number of halogens is 2. The molecule has 0 spiro atoms. The number of hydrogen-bond donors (Lipinski definition) is 1. The monoisotopic (exact) mass is 424 g/mol. The number of likely N-dealkylation sites (tertiary alicyclic amines) is 1. The van der Waals surface area contributed by atoms with Gasteiger partial charge in [0.15, 0.2) is 0 Å². The van der Waals surface area contributed by atoms with Crippen molar-refractivity contribution in [3.63, 3.8) is 0 Å². The lowest BCUT2D eigenvalue weighted by molar-refractivity contribution is 0.0670. The van der Waals surface area contributed by atoms with E-state index in [0.29, 0.717) is 18.1 Å². The molecule has 0 unspecified atom stereocenters. The number of nitrogens with zero attached hydrogens (tertiary/aromatic N) is 1. The number of carbonyl (C=O) groups excluding carboxylic acids is 1. The fraction of sp³-hybridized carbons (Fsp3) is 0.500. The molecule has 0 aromatic carbocycles. The van der Waals surface area contributed by atoms with Crippen LogP contribution in [0.5, 0.6) is 0 Å². The molecule has 19 heavy (non-hydrogen) atoms. The topological polar surface area (TPSA) is 46.3 Å². The van der Waals surface area contributed by atoms with Crippen LogP contribution in [0.25, 0.3) is 0 Å². The molecule has 2 N–H and O–H groups in total. The van der Waals surface area contributed by atoms with Crippen molar-refractivity contribution in [2.75, 3.05) is 13.1 Å². The number of thiophene rings is 1. The van der Waals surface area contributed by atoms with Crippen LogP contribution in [0.4, 0.5) is 0 Å². The van der Waals surface area contributed by atoms with Gasteiger partial charge in [0, 0.05) is 18.5 Å². The average Bonchev–Trinajstić information content (AvgIpc) is 2.68. The molecular formula is C12H14Br2N2OS2. The van der Waals surface area contributed by atoms with E-state index in [1.165, 1.54) is 11.3 Å². The van der Waals surface area contributed by atoms with Gasteiger partial charge in [-0.1, -0.05) is 19.1 Å². The number of amides is 1. The number of thiocarbonyl (C=S) groups is 1. The van der Waals surface area contributed by atoms with Gasteiger partial charge in [-0.3, -0.25) is 4.79 Å². The molecule has 1 aromatic heterocycles. The van der Waals surface area contributed by atoms with Gasteiger partial charge in [0.2, 0.25) is 0 Å². The van der Waals surface area contributed by atoms with Gasteiger partial charge >= 0.3 is 0 Å². The molecule has 0 saturated carbocycles. The zero-order valence-electron chi connectivity index (χ0n) is 10.4. The molecule has 0 aliphatic carbocycles. The Morgan fingerprint density at radius 3 is 2.47 bits per heavy atom. The van der Waals surface area contributed by atoms with Crippen molar-refractivity contribution in [3.8, 4) is 0 Å². The minimum atomic E-state index is -0.113. The lowest BCUT2D eigenvalue weighted by atomic mass is 9.80. The summed E-state index contributed by atoms with van der Waals surface area (Å²) in [5.41, 5.74) is 6.38. The Hall–Kier alpha value is 0.0200. The number of rotatable bonds is 2. The molecule has 2 rings (SSSR count). The Morgan fingerprint density at radius 1 is 1.47 bits per heavy atom. The van der Waals surface area contributed by atoms with Crippen molar-refractivity contribution in [2.45, 2.75) is 19.8 Å². The first-order valence-electron chi connectivity index (χ1n) is 5.87. The van der Waals surface area contributed by atoms with Crippen molar-refractivity contribution in [1.29, 1.82) is 0 Å². The van der Waals surface area contributed by atoms with Crippen molar-refractivity contribution in [2.24, 2.45) is 11.1 Å². The number of carbonyl (C=O) groups is 1. The normalized spacial score (nSPS) is 18.4. The molecule has 1 saturated heterocycles. The lowest BCUT2D eigenvalue weighted by Gasteiger charge is -2.38. The summed E-state index contributed by atoms with van der Waals surface area (Å²) in [4.78, 5) is 14.9. The van der Waals surface area contributed by atoms with Crippen molar-refractivity contribution in [1.82, 2.24) is 4.90 Å². The van der Waals surface area contributed by atoms with Crippen LogP contribution in [0, 0.1) is 5.41 Å². The Bertz CT molecular complexity index is 522. The number of piperidine rings is 1. The quantitative estimate of drug-likeness (QED) is 0.733. The molecule has 1 aliphatic heterocycles. The standard InChI is InChI=1S/C12H14Br2N2OS2/c1-12(11(15)18)2-4-16(5-3-12)10(17)7-6-8(13)19-9(7)14/h6H,2-5H2,1H3,(H2,15,18). The maximum atomic E-state index is 12.4. The second kappa shape index (κ2) is 5.79. The van der Waals surface area contributed by atoms with Gasteiger partial charge in [0.05, 0.1) is 18.1 Å². The SMILES string of the molecule is CC1(C(N)=S)CCN(C(=O)c2cc(Br)sc2Br)CC1. The highest BCUT2D eigenvalue weighted by Crippen LogP contribution is 2.35. The molecule has 104 valence electrons. The predicted molar refractivity (Wildman–Crippen MR) is 89.7 cm³/mol. The average molecular weight is 426 g/mol. The van der Waals surface area contributed by atoms with Crippen molar-refractivity contribution < 1.29 is 4.79 Å². The summed E-state index contributed by atoms with van der Waals surface area (Å²) in [6.07, 6.45) is 1.66. The highest BCUT2D eigenvalue weighted by atomic mass is 79.9. The molecule has 1 amide bonds. The van der Waals surface area contributed by atoms with E-state index in [2.05, 4.69) is 38.8 Å². The van der Waals surface area contributed by atoms with E-state index in [0.717, 1.165) is 26.0 Å². The Morgan fingerprint density at radius 2 is 2.05 bits per heavy atom. The predicted octanol–water partition coefficient (Wildman–Crippen LogP) is 3.80. The first-order valence-corrected chi connectivity index (χ1v) is 8.68. The van der Waals surface area contributed by atoms with Crippen LogP contribution in [-0.2, 0) is 0 Å². The molecule has 7 heteroatoms. The van der Waals surface area contributed by atoms with Crippen LogP contribution in [0.2, 0.25) is 0 Å². The maximum Gasteiger partial charge on any atom is 0.255 e. The third-order valence-corrected chi connectivity index (χ3v) is 6.47. The smallest absolute Gasteiger partial charge is 0.255 e. The van der Waals surface area contributed by atoms with E-state index in [1.807, 2.05) is 11.0 Å². The van der Waals surface area contributed by atoms with Crippen molar-refractivity contribution >= 4 is 66.3 Å². The largest absolute Gasteiger partial charge is 0.393 e. The summed E-state index contributed by atoms with van der Waals surface area (Å²) in [5.74, 6) is 0.0683. The molecule has 1 aromatic rings. The first kappa shape index (κ1) is 15.4. The van der Waals surface area contributed by atoms with Gasteiger partial charge in [-0.15, -0.1) is 11.3 Å². The van der Waals surface area contributed by atoms with Gasteiger partial charge in [0.25, 0.3) is 5.91 Å². The van der Waals surface area contributed by atoms with Crippen LogP contribution in [0.3, 0.4) is 0 Å². The van der Waals surface area contributed by atoms with E-state index < -0.39 is 0 Å². The second-order valence-corrected chi connectivity index (χ2v) is 9.14. The number of hydrogen-bond acceptors (Lipinski definition) is 3. The van der Waals surface area contributed by atoms with E-state index in [1.54, 1.807) is 0 Å². The summed E-state index contributed by atoms with van der Waals surface area (Å²) in [6, 6.07) is 1.86. The van der Waals surface area contributed by atoms with Crippen LogP contribution in [0.1, 0.15) is 30.1 Å².